The van der Waals surface area contributed by atoms with Crippen LogP contribution in [-0.2, 0) is 9.59 Å². The van der Waals surface area contributed by atoms with Crippen molar-refractivity contribution in [2.45, 2.75) is 13.8 Å². The number of amidine groups is 1. The van der Waals surface area contributed by atoms with Crippen LogP contribution < -0.4 is 11.1 Å². The van der Waals surface area contributed by atoms with Crippen molar-refractivity contribution in [2.75, 3.05) is 5.32 Å². The molecule has 92 valence electrons. The fourth-order valence-corrected chi connectivity index (χ4v) is 0.936. The quantitative estimate of drug-likeness (QED) is 0.453. The van der Waals surface area contributed by atoms with Gasteiger partial charge in [-0.25, -0.2) is 0 Å². The molecule has 6 heteroatoms. The van der Waals surface area contributed by atoms with Crippen molar-refractivity contribution in [1.29, 1.82) is 5.41 Å². The molecule has 5 N–H and O–H groups in total. The minimum absolute atomic E-state index is 0.0226. The van der Waals surface area contributed by atoms with Crippen LogP contribution in [0.4, 0.5) is 5.69 Å². The number of hydrogen-bond donors (Lipinski definition) is 4. The molecule has 17 heavy (non-hydrogen) atoms. The van der Waals surface area contributed by atoms with E-state index in [1.165, 1.54) is 6.92 Å². The Balaban J connectivity index is 0.000000557. The van der Waals surface area contributed by atoms with Crippen molar-refractivity contribution in [1.82, 2.24) is 0 Å². The summed E-state index contributed by atoms with van der Waals surface area (Å²) in [6, 6.07) is 6.79. The number of rotatable bonds is 2. The molecule has 0 radical (unpaired) electrons. The molecule has 1 aromatic rings. The van der Waals surface area contributed by atoms with Crippen molar-refractivity contribution >= 4 is 23.4 Å². The number of hydrogen-bond acceptors (Lipinski definition) is 3. The van der Waals surface area contributed by atoms with Gasteiger partial charge in [-0.05, 0) is 24.3 Å². The number of aliphatic carboxylic acids is 1. The van der Waals surface area contributed by atoms with E-state index in [-0.39, 0.29) is 11.7 Å². The van der Waals surface area contributed by atoms with E-state index in [4.69, 9.17) is 21.0 Å². The van der Waals surface area contributed by atoms with E-state index < -0.39 is 5.97 Å². The van der Waals surface area contributed by atoms with Crippen LogP contribution in [0.3, 0.4) is 0 Å². The first kappa shape index (κ1) is 14.6. The summed E-state index contributed by atoms with van der Waals surface area (Å²) in [5.74, 6) is -0.926. The van der Waals surface area contributed by atoms with Gasteiger partial charge in [0.1, 0.15) is 5.84 Å². The molecule has 1 rings (SSSR count). The van der Waals surface area contributed by atoms with Gasteiger partial charge in [0.15, 0.2) is 0 Å². The van der Waals surface area contributed by atoms with E-state index in [0.29, 0.717) is 11.3 Å². The van der Waals surface area contributed by atoms with Crippen molar-refractivity contribution in [3.63, 3.8) is 0 Å². The number of nitrogens with two attached hydrogens (primary N) is 1. The summed E-state index contributed by atoms with van der Waals surface area (Å²) < 4.78 is 0. The smallest absolute Gasteiger partial charge is 0.300 e. The summed E-state index contributed by atoms with van der Waals surface area (Å²) in [6.07, 6.45) is 0. The highest BCUT2D eigenvalue weighted by atomic mass is 16.4. The molecule has 0 unspecified atom stereocenters. The molecule has 0 bridgehead atoms. The second-order valence-electron chi connectivity index (χ2n) is 3.19. The van der Waals surface area contributed by atoms with Crippen molar-refractivity contribution in [3.8, 4) is 0 Å². The number of carboxylic acids is 1. The molecule has 0 aliphatic rings. The van der Waals surface area contributed by atoms with Crippen LogP contribution in [0.5, 0.6) is 0 Å². The van der Waals surface area contributed by atoms with Crippen LogP contribution >= 0.6 is 0 Å². The zero-order valence-corrected chi connectivity index (χ0v) is 9.65. The lowest BCUT2D eigenvalue weighted by Crippen LogP contribution is -2.11. The van der Waals surface area contributed by atoms with Crippen LogP contribution in [-0.4, -0.2) is 22.8 Å². The Morgan fingerprint density at radius 3 is 1.94 bits per heavy atom. The summed E-state index contributed by atoms with van der Waals surface area (Å²) in [5, 5.41) is 17.2. The Hall–Kier alpha value is -2.37. The number of nitrogen functional groups attached to an aromatic ring is 1. The molecule has 0 spiro atoms. The van der Waals surface area contributed by atoms with Gasteiger partial charge in [-0.3, -0.25) is 15.0 Å². The lowest BCUT2D eigenvalue weighted by molar-refractivity contribution is -0.134. The van der Waals surface area contributed by atoms with Crippen LogP contribution in [0.15, 0.2) is 24.3 Å². The Bertz CT molecular complexity index is 408. The molecule has 1 aromatic carbocycles. The molecule has 6 nitrogen and oxygen atoms in total. The minimum atomic E-state index is -0.833. The van der Waals surface area contributed by atoms with Gasteiger partial charge in [-0.1, -0.05) is 0 Å². The van der Waals surface area contributed by atoms with E-state index in [9.17, 15) is 4.79 Å². The topological polar surface area (TPSA) is 116 Å². The maximum absolute atomic E-state index is 10.7. The van der Waals surface area contributed by atoms with Gasteiger partial charge in [-0.15, -0.1) is 0 Å². The molecule has 0 aliphatic carbocycles. The second-order valence-corrected chi connectivity index (χ2v) is 3.19. The number of carbonyl (C=O) groups excluding carboxylic acids is 1. The van der Waals surface area contributed by atoms with Crippen LogP contribution in [0, 0.1) is 5.41 Å². The summed E-state index contributed by atoms with van der Waals surface area (Å²) in [6.45, 7) is 2.53. The maximum atomic E-state index is 10.7. The summed E-state index contributed by atoms with van der Waals surface area (Å²) >= 11 is 0. The Kier molecular flexibility index (Phi) is 6.02. The Labute approximate surface area is 99.0 Å². The highest BCUT2D eigenvalue weighted by molar-refractivity contribution is 5.96. The average molecular weight is 237 g/mol. The predicted molar refractivity (Wildman–Crippen MR) is 65.1 cm³/mol. The van der Waals surface area contributed by atoms with Gasteiger partial charge in [0.25, 0.3) is 5.97 Å². The Morgan fingerprint density at radius 1 is 1.24 bits per heavy atom. The lowest BCUT2D eigenvalue weighted by atomic mass is 10.2. The molecule has 0 fully saturated rings. The molecule has 1 amide bonds. The van der Waals surface area contributed by atoms with Crippen LogP contribution in [0.25, 0.3) is 0 Å². The molecule has 0 heterocycles. The minimum Gasteiger partial charge on any atom is -0.481 e. The van der Waals surface area contributed by atoms with Gasteiger partial charge >= 0.3 is 0 Å². The van der Waals surface area contributed by atoms with E-state index in [2.05, 4.69) is 5.32 Å². The highest BCUT2D eigenvalue weighted by Gasteiger charge is 1.97. The first-order chi connectivity index (χ1) is 7.82. The van der Waals surface area contributed by atoms with Crippen molar-refractivity contribution in [3.05, 3.63) is 29.8 Å². The van der Waals surface area contributed by atoms with E-state index >= 15 is 0 Å². The number of benzene rings is 1. The monoisotopic (exact) mass is 237 g/mol. The fourth-order valence-electron chi connectivity index (χ4n) is 0.936. The molecule has 0 saturated carbocycles. The zero-order chi connectivity index (χ0) is 13.4. The molecule has 0 aliphatic heterocycles. The van der Waals surface area contributed by atoms with Crippen molar-refractivity contribution < 1.29 is 14.7 Å². The third kappa shape index (κ3) is 7.55. The number of carboxylic acid groups (broad SMARTS) is 1. The Morgan fingerprint density at radius 2 is 1.65 bits per heavy atom. The number of anilines is 1. The number of amides is 1. The summed E-state index contributed by atoms with van der Waals surface area (Å²) in [7, 11) is 0. The molecule has 0 aromatic heterocycles. The molecular weight excluding hydrogens is 222 g/mol. The number of nitrogens with one attached hydrogen (secondary N) is 2. The average Bonchev–Trinajstić information content (AvgIpc) is 2.16. The van der Waals surface area contributed by atoms with E-state index in [0.717, 1.165) is 6.92 Å². The second kappa shape index (κ2) is 7.00. The predicted octanol–water partition coefficient (Wildman–Crippen LogP) is 1.02. The molecule has 0 atom stereocenters. The maximum Gasteiger partial charge on any atom is 0.300 e. The van der Waals surface area contributed by atoms with Gasteiger partial charge < -0.3 is 16.2 Å². The largest absolute Gasteiger partial charge is 0.481 e. The first-order valence-corrected chi connectivity index (χ1v) is 4.74. The van der Waals surface area contributed by atoms with Gasteiger partial charge in [0, 0.05) is 25.1 Å². The molecular formula is C11H15N3O3. The summed E-state index contributed by atoms with van der Waals surface area (Å²) in [5.41, 5.74) is 6.61. The first-order valence-electron chi connectivity index (χ1n) is 4.74. The lowest BCUT2D eigenvalue weighted by Gasteiger charge is -2.02. The normalized spacial score (nSPS) is 8.59. The van der Waals surface area contributed by atoms with Gasteiger partial charge in [0.2, 0.25) is 5.91 Å². The fraction of sp³-hybridized carbons (Fsp3) is 0.182. The van der Waals surface area contributed by atoms with Crippen molar-refractivity contribution in [2.24, 2.45) is 5.73 Å². The molecule has 0 saturated heterocycles. The van der Waals surface area contributed by atoms with Gasteiger partial charge in [-0.2, -0.15) is 0 Å². The van der Waals surface area contributed by atoms with E-state index in [1.807, 2.05) is 0 Å². The van der Waals surface area contributed by atoms with E-state index in [1.54, 1.807) is 24.3 Å². The van der Waals surface area contributed by atoms with Gasteiger partial charge in [0.05, 0.1) is 0 Å². The SMILES string of the molecule is CC(=O)Nc1ccc(C(=N)N)cc1.CC(=O)O. The highest BCUT2D eigenvalue weighted by Crippen LogP contribution is 2.08. The zero-order valence-electron chi connectivity index (χ0n) is 9.65. The third-order valence-corrected chi connectivity index (χ3v) is 1.52. The number of carbonyl (C=O) groups is 2. The standard InChI is InChI=1S/C9H11N3O.C2H4O2/c1-6(13)12-8-4-2-7(3-5-8)9(10)11;1-2(3)4/h2-5H,1H3,(H3,10,11)(H,12,13);1H3,(H,3,4). The van der Waals surface area contributed by atoms with Crippen LogP contribution in [0.1, 0.15) is 19.4 Å². The van der Waals surface area contributed by atoms with Crippen LogP contribution in [0.2, 0.25) is 0 Å². The summed E-state index contributed by atoms with van der Waals surface area (Å²) in [4.78, 5) is 19.7. The third-order valence-electron chi connectivity index (χ3n) is 1.52.